The summed E-state index contributed by atoms with van der Waals surface area (Å²) in [6.45, 7) is 1.94. The Labute approximate surface area is 152 Å². The largest absolute Gasteiger partial charge is 0.335 e. The van der Waals surface area contributed by atoms with Crippen LogP contribution in [0.25, 0.3) is 0 Å². The average molecular weight is 389 g/mol. The molecule has 1 saturated heterocycles. The molecule has 134 valence electrons. The highest BCUT2D eigenvalue weighted by Gasteiger charge is 2.38. The Morgan fingerprint density at radius 3 is 2.62 bits per heavy atom. The fourth-order valence-corrected chi connectivity index (χ4v) is 7.09. The van der Waals surface area contributed by atoms with Gasteiger partial charge in [0.1, 0.15) is 0 Å². The number of nitrogens with zero attached hydrogens (tertiary/aromatic N) is 2. The molecule has 1 aliphatic carbocycles. The van der Waals surface area contributed by atoms with E-state index in [-0.39, 0.29) is 29.5 Å². The first-order valence-corrected chi connectivity index (χ1v) is 12.2. The van der Waals surface area contributed by atoms with Crippen LogP contribution in [0.15, 0.2) is 9.72 Å². The topological polar surface area (TPSA) is 67.3 Å². The van der Waals surface area contributed by atoms with Gasteiger partial charge in [-0.05, 0) is 26.2 Å². The minimum atomic E-state index is -2.99. The van der Waals surface area contributed by atoms with E-state index in [9.17, 15) is 13.2 Å². The van der Waals surface area contributed by atoms with E-state index in [1.54, 1.807) is 11.3 Å². The molecule has 1 aliphatic heterocycles. The summed E-state index contributed by atoms with van der Waals surface area (Å²) in [6.07, 6.45) is 6.08. The van der Waals surface area contributed by atoms with Crippen molar-refractivity contribution < 1.29 is 13.2 Å². The smallest absolute Gasteiger partial charge is 0.233 e. The van der Waals surface area contributed by atoms with E-state index in [1.807, 2.05) is 17.2 Å². The molecule has 1 amide bonds. The number of thioether (sulfide) groups is 1. The van der Waals surface area contributed by atoms with Crippen LogP contribution < -0.4 is 0 Å². The number of sulfone groups is 1. The van der Waals surface area contributed by atoms with Crippen molar-refractivity contribution in [1.82, 2.24) is 9.88 Å². The normalized spacial score (nSPS) is 24.1. The molecule has 0 bridgehead atoms. The van der Waals surface area contributed by atoms with Gasteiger partial charge in [-0.1, -0.05) is 31.0 Å². The van der Waals surface area contributed by atoms with Crippen molar-refractivity contribution in [3.05, 3.63) is 11.1 Å². The zero-order valence-electron chi connectivity index (χ0n) is 13.9. The first-order valence-electron chi connectivity index (χ1n) is 8.51. The lowest BCUT2D eigenvalue weighted by molar-refractivity contribution is -0.133. The molecule has 0 spiro atoms. The zero-order chi connectivity index (χ0) is 17.2. The number of thiazole rings is 1. The van der Waals surface area contributed by atoms with E-state index in [1.165, 1.54) is 18.2 Å². The van der Waals surface area contributed by atoms with E-state index in [4.69, 9.17) is 0 Å². The van der Waals surface area contributed by atoms with Crippen molar-refractivity contribution in [3.8, 4) is 0 Å². The molecule has 3 rings (SSSR count). The number of rotatable bonds is 5. The molecule has 2 heterocycles. The number of carbonyl (C=O) groups excluding carboxylic acids is 1. The van der Waals surface area contributed by atoms with Crippen LogP contribution in [0.1, 0.15) is 44.2 Å². The second-order valence-corrected chi connectivity index (χ2v) is 11.0. The Bertz CT molecular complexity index is 680. The summed E-state index contributed by atoms with van der Waals surface area (Å²) in [5.74, 6) is 0.769. The maximum atomic E-state index is 12.9. The summed E-state index contributed by atoms with van der Waals surface area (Å²) in [5.41, 5.74) is 0.973. The Balaban J connectivity index is 1.69. The van der Waals surface area contributed by atoms with Gasteiger partial charge in [0.05, 0.1) is 17.3 Å². The molecule has 8 heteroatoms. The average Bonchev–Trinajstić information content (AvgIpc) is 3.12. The Morgan fingerprint density at radius 1 is 1.29 bits per heavy atom. The molecule has 2 aliphatic rings. The van der Waals surface area contributed by atoms with Crippen LogP contribution in [0.5, 0.6) is 0 Å². The predicted octanol–water partition coefficient (Wildman–Crippen LogP) is 2.89. The summed E-state index contributed by atoms with van der Waals surface area (Å²) >= 11 is 3.02. The maximum Gasteiger partial charge on any atom is 0.233 e. The fraction of sp³-hybridized carbons (Fsp3) is 0.750. The standard InChI is InChI=1S/C16H24N2O3S3/c1-12-9-22-16(17-12)23-10-15(19)18(13-5-3-2-4-6-13)14-7-8-24(20,21)11-14/h9,13-14H,2-8,10-11H2,1H3/t14-/m0/s1. The highest BCUT2D eigenvalue weighted by atomic mass is 32.2. The van der Waals surface area contributed by atoms with Gasteiger partial charge >= 0.3 is 0 Å². The van der Waals surface area contributed by atoms with Gasteiger partial charge in [-0.25, -0.2) is 13.4 Å². The van der Waals surface area contributed by atoms with Gasteiger partial charge in [-0.3, -0.25) is 4.79 Å². The van der Waals surface area contributed by atoms with Crippen LogP contribution >= 0.6 is 23.1 Å². The lowest BCUT2D eigenvalue weighted by Gasteiger charge is -2.38. The predicted molar refractivity (Wildman–Crippen MR) is 98.4 cm³/mol. The second kappa shape index (κ2) is 7.74. The van der Waals surface area contributed by atoms with E-state index < -0.39 is 9.84 Å². The van der Waals surface area contributed by atoms with Crippen molar-refractivity contribution in [1.29, 1.82) is 0 Å². The van der Waals surface area contributed by atoms with Gasteiger partial charge in [0.25, 0.3) is 0 Å². The van der Waals surface area contributed by atoms with Crippen molar-refractivity contribution in [2.24, 2.45) is 0 Å². The lowest BCUT2D eigenvalue weighted by Crippen LogP contribution is -2.49. The van der Waals surface area contributed by atoms with Crippen molar-refractivity contribution in [3.63, 3.8) is 0 Å². The van der Waals surface area contributed by atoms with Gasteiger partial charge in [-0.2, -0.15) is 0 Å². The first kappa shape index (κ1) is 18.2. The molecule has 1 aromatic rings. The molecule has 1 atom stereocenters. The van der Waals surface area contributed by atoms with Crippen LogP contribution in [0.2, 0.25) is 0 Å². The molecular weight excluding hydrogens is 364 g/mol. The van der Waals surface area contributed by atoms with Gasteiger partial charge in [0, 0.05) is 23.2 Å². The number of hydrogen-bond acceptors (Lipinski definition) is 6. The van der Waals surface area contributed by atoms with Crippen molar-refractivity contribution in [2.45, 2.75) is 61.9 Å². The highest BCUT2D eigenvalue weighted by Crippen LogP contribution is 2.30. The molecule has 0 radical (unpaired) electrons. The summed E-state index contributed by atoms with van der Waals surface area (Å²) < 4.78 is 24.7. The summed E-state index contributed by atoms with van der Waals surface area (Å²) in [5, 5.41) is 1.98. The Kier molecular flexibility index (Phi) is 5.87. The zero-order valence-corrected chi connectivity index (χ0v) is 16.4. The third-order valence-electron chi connectivity index (χ3n) is 4.77. The highest BCUT2D eigenvalue weighted by molar-refractivity contribution is 8.01. The molecule has 1 aromatic heterocycles. The summed E-state index contributed by atoms with van der Waals surface area (Å²) in [7, 11) is -2.99. The lowest BCUT2D eigenvalue weighted by atomic mass is 9.93. The van der Waals surface area contributed by atoms with Crippen molar-refractivity contribution in [2.75, 3.05) is 17.3 Å². The van der Waals surface area contributed by atoms with Crippen LogP contribution in [-0.2, 0) is 14.6 Å². The molecule has 2 fully saturated rings. The van der Waals surface area contributed by atoms with Gasteiger partial charge < -0.3 is 4.90 Å². The number of carbonyl (C=O) groups is 1. The quantitative estimate of drug-likeness (QED) is 0.726. The maximum absolute atomic E-state index is 12.9. The molecule has 0 N–H and O–H groups in total. The fourth-order valence-electron chi connectivity index (χ4n) is 3.66. The van der Waals surface area contributed by atoms with E-state index >= 15 is 0 Å². The first-order chi connectivity index (χ1) is 11.4. The van der Waals surface area contributed by atoms with Crippen LogP contribution in [0, 0.1) is 6.92 Å². The molecule has 0 unspecified atom stereocenters. The Morgan fingerprint density at radius 2 is 2.04 bits per heavy atom. The van der Waals surface area contributed by atoms with Crippen LogP contribution in [0.4, 0.5) is 0 Å². The van der Waals surface area contributed by atoms with Gasteiger partial charge in [-0.15, -0.1) is 11.3 Å². The molecule has 5 nitrogen and oxygen atoms in total. The van der Waals surface area contributed by atoms with Crippen molar-refractivity contribution >= 4 is 38.8 Å². The number of aryl methyl sites for hydroxylation is 1. The number of aromatic nitrogens is 1. The van der Waals surface area contributed by atoms with E-state index in [0.29, 0.717) is 12.2 Å². The number of amides is 1. The number of hydrogen-bond donors (Lipinski definition) is 0. The third-order valence-corrected chi connectivity index (χ3v) is 8.65. The Hall–Kier alpha value is -0.600. The van der Waals surface area contributed by atoms with E-state index in [2.05, 4.69) is 4.98 Å². The third kappa shape index (κ3) is 4.52. The SMILES string of the molecule is Cc1csc(SCC(=O)N(C2CCCCC2)[C@H]2CCS(=O)(=O)C2)n1. The second-order valence-electron chi connectivity index (χ2n) is 6.69. The minimum Gasteiger partial charge on any atom is -0.335 e. The molecule has 24 heavy (non-hydrogen) atoms. The van der Waals surface area contributed by atoms with E-state index in [0.717, 1.165) is 35.7 Å². The van der Waals surface area contributed by atoms with Crippen LogP contribution in [0.3, 0.4) is 0 Å². The monoisotopic (exact) mass is 388 g/mol. The van der Waals surface area contributed by atoms with Gasteiger partial charge in [0.2, 0.25) is 5.91 Å². The molecule has 0 aromatic carbocycles. The van der Waals surface area contributed by atoms with Gasteiger partial charge in [0.15, 0.2) is 14.2 Å². The molecular formula is C16H24N2O3S3. The summed E-state index contributed by atoms with van der Waals surface area (Å²) in [6, 6.07) is 0.0763. The minimum absolute atomic E-state index is 0.0712. The molecule has 1 saturated carbocycles. The van der Waals surface area contributed by atoms with Crippen LogP contribution in [-0.4, -0.2) is 53.6 Å². The summed E-state index contributed by atoms with van der Waals surface area (Å²) in [4.78, 5) is 19.2.